The molecule has 0 aliphatic carbocycles. The Bertz CT molecular complexity index is 416. The minimum absolute atomic E-state index is 0.0664. The van der Waals surface area contributed by atoms with Gasteiger partial charge in [-0.1, -0.05) is 13.8 Å². The van der Waals surface area contributed by atoms with E-state index in [4.69, 9.17) is 14.6 Å². The normalized spacial score (nSPS) is 11.5. The Morgan fingerprint density at radius 1 is 1.26 bits per heavy atom. The molecule has 0 spiro atoms. The molecule has 108 valence electrons. The number of aliphatic hydroxyl groups is 2. The Morgan fingerprint density at radius 2 is 1.89 bits per heavy atom. The zero-order chi connectivity index (χ0) is 14.5. The van der Waals surface area contributed by atoms with E-state index in [-0.39, 0.29) is 13.2 Å². The third kappa shape index (κ3) is 4.09. The van der Waals surface area contributed by atoms with Crippen LogP contribution in [0.3, 0.4) is 0 Å². The molecule has 0 aliphatic rings. The second-order valence-electron chi connectivity index (χ2n) is 4.49. The van der Waals surface area contributed by atoms with Crippen LogP contribution in [0.1, 0.15) is 32.3 Å². The summed E-state index contributed by atoms with van der Waals surface area (Å²) in [6.45, 7) is 3.98. The third-order valence-corrected chi connectivity index (χ3v) is 3.86. The molecule has 0 fully saturated rings. The zero-order valence-electron chi connectivity index (χ0n) is 11.6. The van der Waals surface area contributed by atoms with Gasteiger partial charge in [0.05, 0.1) is 23.8 Å². The van der Waals surface area contributed by atoms with Crippen LogP contribution in [-0.2, 0) is 6.61 Å². The van der Waals surface area contributed by atoms with Crippen LogP contribution >= 0.6 is 15.9 Å². The third-order valence-electron chi connectivity index (χ3n) is 3.27. The fraction of sp³-hybridized carbons (Fsp3) is 0.571. The summed E-state index contributed by atoms with van der Waals surface area (Å²) < 4.78 is 11.7. The molecule has 0 aromatic heterocycles. The minimum Gasteiger partial charge on any atom is -0.493 e. The monoisotopic (exact) mass is 332 g/mol. The molecule has 0 bridgehead atoms. The van der Waals surface area contributed by atoms with Crippen molar-refractivity contribution in [3.8, 4) is 11.5 Å². The van der Waals surface area contributed by atoms with Gasteiger partial charge in [-0.05, 0) is 46.5 Å². The molecule has 4 nitrogen and oxygen atoms in total. The van der Waals surface area contributed by atoms with Crippen LogP contribution in [0.25, 0.3) is 0 Å². The standard InChI is InChI=1S/C14H21BrO4/c1-4-14(17,5-2)9-19-13-11(15)6-10(8-16)7-12(13)18-3/h6-7,16-17H,4-5,8-9H2,1-3H3. The Morgan fingerprint density at radius 3 is 2.37 bits per heavy atom. The van der Waals surface area contributed by atoms with E-state index in [1.54, 1.807) is 19.2 Å². The van der Waals surface area contributed by atoms with Gasteiger partial charge in [0.1, 0.15) is 6.61 Å². The summed E-state index contributed by atoms with van der Waals surface area (Å²) in [6, 6.07) is 3.49. The lowest BCUT2D eigenvalue weighted by Crippen LogP contribution is -2.34. The Labute approximate surface area is 122 Å². The van der Waals surface area contributed by atoms with E-state index in [2.05, 4.69) is 15.9 Å². The maximum absolute atomic E-state index is 10.2. The van der Waals surface area contributed by atoms with E-state index in [0.717, 1.165) is 5.56 Å². The van der Waals surface area contributed by atoms with Gasteiger partial charge in [0.2, 0.25) is 0 Å². The number of rotatable bonds is 7. The van der Waals surface area contributed by atoms with E-state index in [9.17, 15) is 5.11 Å². The lowest BCUT2D eigenvalue weighted by atomic mass is 9.99. The van der Waals surface area contributed by atoms with Crippen molar-refractivity contribution in [2.24, 2.45) is 0 Å². The first-order valence-electron chi connectivity index (χ1n) is 6.32. The first kappa shape index (κ1) is 16.3. The molecule has 1 rings (SSSR count). The molecule has 5 heteroatoms. The largest absolute Gasteiger partial charge is 0.493 e. The van der Waals surface area contributed by atoms with E-state index in [0.29, 0.717) is 28.8 Å². The molecule has 0 saturated carbocycles. The lowest BCUT2D eigenvalue weighted by Gasteiger charge is -2.26. The number of hydrogen-bond acceptors (Lipinski definition) is 4. The van der Waals surface area contributed by atoms with E-state index in [1.807, 2.05) is 13.8 Å². The van der Waals surface area contributed by atoms with Crippen LogP contribution < -0.4 is 9.47 Å². The summed E-state index contributed by atoms with van der Waals surface area (Å²) in [5, 5.41) is 19.4. The summed E-state index contributed by atoms with van der Waals surface area (Å²) in [7, 11) is 1.54. The predicted molar refractivity (Wildman–Crippen MR) is 77.6 cm³/mol. The molecular weight excluding hydrogens is 312 g/mol. The highest BCUT2D eigenvalue weighted by molar-refractivity contribution is 9.10. The van der Waals surface area contributed by atoms with Crippen LogP contribution in [0, 0.1) is 0 Å². The number of aliphatic hydroxyl groups excluding tert-OH is 1. The smallest absolute Gasteiger partial charge is 0.175 e. The van der Waals surface area contributed by atoms with Gasteiger partial charge >= 0.3 is 0 Å². The van der Waals surface area contributed by atoms with Gasteiger partial charge in [0.25, 0.3) is 0 Å². The molecule has 0 aliphatic heterocycles. The highest BCUT2D eigenvalue weighted by atomic mass is 79.9. The quantitative estimate of drug-likeness (QED) is 0.806. The number of methoxy groups -OCH3 is 1. The maximum atomic E-state index is 10.2. The van der Waals surface area contributed by atoms with Gasteiger partial charge in [0, 0.05) is 0 Å². The molecule has 0 saturated heterocycles. The van der Waals surface area contributed by atoms with Crippen molar-refractivity contribution in [1.82, 2.24) is 0 Å². The second kappa shape index (κ2) is 7.12. The molecule has 0 atom stereocenters. The van der Waals surface area contributed by atoms with Gasteiger partial charge in [-0.15, -0.1) is 0 Å². The van der Waals surface area contributed by atoms with Crippen molar-refractivity contribution < 1.29 is 19.7 Å². The fourth-order valence-electron chi connectivity index (χ4n) is 1.67. The number of hydrogen-bond donors (Lipinski definition) is 2. The Kier molecular flexibility index (Phi) is 6.10. The first-order valence-corrected chi connectivity index (χ1v) is 7.11. The summed E-state index contributed by atoms with van der Waals surface area (Å²) >= 11 is 3.39. The van der Waals surface area contributed by atoms with Crippen molar-refractivity contribution in [2.45, 2.75) is 38.9 Å². The topological polar surface area (TPSA) is 58.9 Å². The van der Waals surface area contributed by atoms with Gasteiger partial charge in [-0.3, -0.25) is 0 Å². The Hall–Kier alpha value is -0.780. The van der Waals surface area contributed by atoms with E-state index in [1.165, 1.54) is 0 Å². The van der Waals surface area contributed by atoms with Gasteiger partial charge in [-0.25, -0.2) is 0 Å². The van der Waals surface area contributed by atoms with Crippen molar-refractivity contribution >= 4 is 15.9 Å². The van der Waals surface area contributed by atoms with Gasteiger partial charge < -0.3 is 19.7 Å². The number of ether oxygens (including phenoxy) is 2. The summed E-state index contributed by atoms with van der Waals surface area (Å²) in [6.07, 6.45) is 1.25. The summed E-state index contributed by atoms with van der Waals surface area (Å²) in [5.41, 5.74) is -0.0996. The lowest BCUT2D eigenvalue weighted by molar-refractivity contribution is -0.0121. The van der Waals surface area contributed by atoms with Crippen molar-refractivity contribution in [3.63, 3.8) is 0 Å². The van der Waals surface area contributed by atoms with Crippen molar-refractivity contribution in [3.05, 3.63) is 22.2 Å². The van der Waals surface area contributed by atoms with Crippen LogP contribution in [-0.4, -0.2) is 29.5 Å². The van der Waals surface area contributed by atoms with Gasteiger partial charge in [-0.2, -0.15) is 0 Å². The summed E-state index contributed by atoms with van der Waals surface area (Å²) in [5.74, 6) is 1.08. The maximum Gasteiger partial charge on any atom is 0.175 e. The zero-order valence-corrected chi connectivity index (χ0v) is 13.2. The first-order chi connectivity index (χ1) is 8.99. The molecule has 19 heavy (non-hydrogen) atoms. The van der Waals surface area contributed by atoms with Crippen molar-refractivity contribution in [2.75, 3.05) is 13.7 Å². The average Bonchev–Trinajstić information content (AvgIpc) is 2.44. The molecule has 0 heterocycles. The molecule has 2 N–H and O–H groups in total. The highest BCUT2D eigenvalue weighted by Gasteiger charge is 2.24. The van der Waals surface area contributed by atoms with E-state index >= 15 is 0 Å². The highest BCUT2D eigenvalue weighted by Crippen LogP contribution is 2.37. The minimum atomic E-state index is -0.833. The Balaban J connectivity index is 2.94. The van der Waals surface area contributed by atoms with Crippen LogP contribution in [0.5, 0.6) is 11.5 Å². The van der Waals surface area contributed by atoms with Crippen LogP contribution in [0.2, 0.25) is 0 Å². The van der Waals surface area contributed by atoms with Crippen LogP contribution in [0.15, 0.2) is 16.6 Å². The molecule has 0 amide bonds. The predicted octanol–water partition coefficient (Wildman–Crippen LogP) is 2.88. The fourth-order valence-corrected chi connectivity index (χ4v) is 2.27. The van der Waals surface area contributed by atoms with Gasteiger partial charge in [0.15, 0.2) is 11.5 Å². The van der Waals surface area contributed by atoms with E-state index < -0.39 is 5.60 Å². The second-order valence-corrected chi connectivity index (χ2v) is 5.34. The number of benzene rings is 1. The molecular formula is C14H21BrO4. The molecule has 0 radical (unpaired) electrons. The molecule has 1 aromatic rings. The molecule has 1 aromatic carbocycles. The summed E-state index contributed by atoms with van der Waals surface area (Å²) in [4.78, 5) is 0. The van der Waals surface area contributed by atoms with Crippen LogP contribution in [0.4, 0.5) is 0 Å². The number of halogens is 1. The SMILES string of the molecule is CCC(O)(CC)COc1c(Br)cc(CO)cc1OC. The average molecular weight is 333 g/mol. The molecule has 0 unspecified atom stereocenters. The van der Waals surface area contributed by atoms with Crippen molar-refractivity contribution in [1.29, 1.82) is 0 Å².